The molecule has 6 nitrogen and oxygen atoms in total. The molecule has 0 radical (unpaired) electrons. The maximum absolute atomic E-state index is 6.17. The Bertz CT molecular complexity index is 3890. The van der Waals surface area contributed by atoms with Gasteiger partial charge in [0.25, 0.3) is 0 Å². The fourth-order valence-electron chi connectivity index (χ4n) is 9.35. The molecule has 284 valence electrons. The highest BCUT2D eigenvalue weighted by molar-refractivity contribution is 6.15. The summed E-state index contributed by atoms with van der Waals surface area (Å²) in [6.45, 7) is 0. The average molecular weight is 780 g/mol. The van der Waals surface area contributed by atoms with E-state index in [9.17, 15) is 0 Å². The van der Waals surface area contributed by atoms with Gasteiger partial charge >= 0.3 is 0 Å². The summed E-state index contributed by atoms with van der Waals surface area (Å²) in [5.74, 6) is 1.83. The Labute approximate surface area is 349 Å². The molecule has 0 N–H and O–H groups in total. The van der Waals surface area contributed by atoms with Crippen LogP contribution in [0.3, 0.4) is 0 Å². The van der Waals surface area contributed by atoms with E-state index >= 15 is 0 Å². The molecule has 0 saturated heterocycles. The smallest absolute Gasteiger partial charge is 0.164 e. The summed E-state index contributed by atoms with van der Waals surface area (Å²) in [6.07, 6.45) is 0. The number of para-hydroxylation sites is 4. The highest BCUT2D eigenvalue weighted by atomic mass is 16.3. The van der Waals surface area contributed by atoms with Crippen LogP contribution in [-0.4, -0.2) is 24.1 Å². The van der Waals surface area contributed by atoms with E-state index in [2.05, 4.69) is 149 Å². The zero-order valence-corrected chi connectivity index (χ0v) is 32.7. The van der Waals surface area contributed by atoms with Crippen molar-refractivity contribution >= 4 is 76.3 Å². The first-order valence-corrected chi connectivity index (χ1v) is 20.5. The van der Waals surface area contributed by atoms with Gasteiger partial charge < -0.3 is 13.6 Å². The molecule has 0 amide bonds. The predicted molar refractivity (Wildman–Crippen MR) is 250 cm³/mol. The minimum Gasteiger partial charge on any atom is -0.456 e. The lowest BCUT2D eigenvalue weighted by Gasteiger charge is -2.15. The molecule has 6 heteroatoms. The van der Waals surface area contributed by atoms with E-state index in [1.165, 1.54) is 27.1 Å². The summed E-state index contributed by atoms with van der Waals surface area (Å²) in [5, 5.41) is 9.21. The minimum absolute atomic E-state index is 0.603. The lowest BCUT2D eigenvalue weighted by molar-refractivity contribution is 0.669. The van der Waals surface area contributed by atoms with Crippen molar-refractivity contribution in [2.75, 3.05) is 0 Å². The molecule has 9 aromatic carbocycles. The van der Waals surface area contributed by atoms with Crippen LogP contribution < -0.4 is 0 Å². The maximum Gasteiger partial charge on any atom is 0.164 e. The van der Waals surface area contributed by atoms with Gasteiger partial charge in [-0.25, -0.2) is 15.0 Å². The van der Waals surface area contributed by atoms with Gasteiger partial charge in [-0.05, 0) is 83.6 Å². The largest absolute Gasteiger partial charge is 0.456 e. The van der Waals surface area contributed by atoms with Gasteiger partial charge in [0.05, 0.1) is 27.8 Å². The molecule has 0 unspecified atom stereocenters. The van der Waals surface area contributed by atoms with Gasteiger partial charge in [-0.3, -0.25) is 0 Å². The quantitative estimate of drug-likeness (QED) is 0.175. The first kappa shape index (κ1) is 33.6. The molecule has 0 aliphatic rings. The summed E-state index contributed by atoms with van der Waals surface area (Å²) in [5.41, 5.74) is 11.2. The van der Waals surface area contributed by atoms with Crippen LogP contribution in [0.15, 0.2) is 205 Å². The Morgan fingerprint density at radius 3 is 1.70 bits per heavy atom. The molecule has 0 bridgehead atoms. The van der Waals surface area contributed by atoms with E-state index in [-0.39, 0.29) is 0 Å². The zero-order chi connectivity index (χ0) is 40.0. The Morgan fingerprint density at radius 2 is 0.902 bits per heavy atom. The number of fused-ring (bicyclic) bond motifs is 10. The van der Waals surface area contributed by atoms with E-state index in [0.717, 1.165) is 77.3 Å². The summed E-state index contributed by atoms with van der Waals surface area (Å²) >= 11 is 0. The summed E-state index contributed by atoms with van der Waals surface area (Å²) < 4.78 is 11.0. The summed E-state index contributed by atoms with van der Waals surface area (Å²) in [4.78, 5) is 15.4. The molecule has 13 rings (SSSR count). The highest BCUT2D eigenvalue weighted by Gasteiger charge is 2.21. The van der Waals surface area contributed by atoms with Gasteiger partial charge in [0.15, 0.2) is 17.5 Å². The molecular weight excluding hydrogens is 747 g/mol. The van der Waals surface area contributed by atoms with Gasteiger partial charge in [-0.2, -0.15) is 0 Å². The summed E-state index contributed by atoms with van der Waals surface area (Å²) in [7, 11) is 0. The van der Waals surface area contributed by atoms with Crippen LogP contribution in [0.25, 0.3) is 122 Å². The second-order valence-corrected chi connectivity index (χ2v) is 15.6. The Kier molecular flexibility index (Phi) is 7.21. The van der Waals surface area contributed by atoms with Crippen LogP contribution in [0.1, 0.15) is 0 Å². The average Bonchev–Trinajstić information content (AvgIpc) is 3.99. The fraction of sp³-hybridized carbons (Fsp3) is 0. The van der Waals surface area contributed by atoms with Crippen molar-refractivity contribution in [2.24, 2.45) is 0 Å². The molecular formula is C55H33N5O. The third kappa shape index (κ3) is 5.19. The van der Waals surface area contributed by atoms with E-state index in [1.54, 1.807) is 0 Å². The monoisotopic (exact) mass is 779 g/mol. The zero-order valence-electron chi connectivity index (χ0n) is 32.7. The van der Waals surface area contributed by atoms with E-state index in [1.807, 2.05) is 60.7 Å². The van der Waals surface area contributed by atoms with Crippen LogP contribution in [0.5, 0.6) is 0 Å². The fourth-order valence-corrected chi connectivity index (χ4v) is 9.35. The first-order valence-electron chi connectivity index (χ1n) is 20.5. The second-order valence-electron chi connectivity index (χ2n) is 15.6. The van der Waals surface area contributed by atoms with Crippen LogP contribution in [0, 0.1) is 0 Å². The predicted octanol–water partition coefficient (Wildman–Crippen LogP) is 14.1. The molecule has 0 saturated carbocycles. The molecule has 61 heavy (non-hydrogen) atoms. The van der Waals surface area contributed by atoms with E-state index in [0.29, 0.717) is 17.5 Å². The maximum atomic E-state index is 6.17. The van der Waals surface area contributed by atoms with Crippen molar-refractivity contribution in [1.29, 1.82) is 0 Å². The third-order valence-electron chi connectivity index (χ3n) is 12.1. The Hall–Kier alpha value is -8.35. The van der Waals surface area contributed by atoms with Gasteiger partial charge in [0.2, 0.25) is 0 Å². The van der Waals surface area contributed by atoms with Gasteiger partial charge in [0, 0.05) is 54.7 Å². The van der Waals surface area contributed by atoms with Crippen LogP contribution in [-0.2, 0) is 0 Å². The molecule has 0 aliphatic heterocycles. The van der Waals surface area contributed by atoms with Gasteiger partial charge in [0.1, 0.15) is 11.2 Å². The number of aromatic nitrogens is 5. The van der Waals surface area contributed by atoms with Crippen molar-refractivity contribution in [2.45, 2.75) is 0 Å². The van der Waals surface area contributed by atoms with Crippen LogP contribution >= 0.6 is 0 Å². The number of hydrogen-bond acceptors (Lipinski definition) is 4. The molecule has 0 atom stereocenters. The molecule has 0 spiro atoms. The van der Waals surface area contributed by atoms with Crippen LogP contribution in [0.4, 0.5) is 0 Å². The number of benzene rings is 9. The van der Waals surface area contributed by atoms with Gasteiger partial charge in [-0.1, -0.05) is 127 Å². The molecule has 0 aliphatic carbocycles. The van der Waals surface area contributed by atoms with Crippen molar-refractivity contribution in [3.05, 3.63) is 200 Å². The van der Waals surface area contributed by atoms with E-state index in [4.69, 9.17) is 19.4 Å². The van der Waals surface area contributed by atoms with Crippen molar-refractivity contribution in [3.63, 3.8) is 0 Å². The highest BCUT2D eigenvalue weighted by Crippen LogP contribution is 2.41. The lowest BCUT2D eigenvalue weighted by atomic mass is 10.1. The molecule has 4 aromatic heterocycles. The lowest BCUT2D eigenvalue weighted by Crippen LogP contribution is -2.01. The number of rotatable bonds is 5. The Balaban J connectivity index is 1.03. The minimum atomic E-state index is 0.603. The SMILES string of the molecule is c1ccc(-c2nc(-c3ccc4oc5ccccc5c4c3)nc(-c3ccc4c(c3)c3ccccc3n4-c3cccc4c5ccccc5n(-c5ccc6ccccc6c5)c34)n2)cc1. The second kappa shape index (κ2) is 13.1. The topological polar surface area (TPSA) is 61.7 Å². The summed E-state index contributed by atoms with van der Waals surface area (Å²) in [6, 6.07) is 70.5. The Morgan fingerprint density at radius 1 is 0.328 bits per heavy atom. The number of furan rings is 1. The standard InChI is InChI=1S/C55H33N5O/c1-2-14-35(15-3-1)53-56-54(58-55(57-53)38-27-30-51-45(33-38)42-19-8-11-24-50(42)61-51)37-26-29-48-44(32-37)41-18-7-10-22-47(41)60(48)49-23-12-20-43-40-17-6-9-21-46(40)59(52(43)49)39-28-25-34-13-4-5-16-36(34)31-39/h1-33H. The van der Waals surface area contributed by atoms with Crippen LogP contribution in [0.2, 0.25) is 0 Å². The van der Waals surface area contributed by atoms with Crippen molar-refractivity contribution < 1.29 is 4.42 Å². The number of nitrogens with zero attached hydrogens (tertiary/aromatic N) is 5. The molecule has 0 fully saturated rings. The number of hydrogen-bond donors (Lipinski definition) is 0. The van der Waals surface area contributed by atoms with E-state index < -0.39 is 0 Å². The third-order valence-corrected chi connectivity index (χ3v) is 12.1. The normalized spacial score (nSPS) is 11.9. The van der Waals surface area contributed by atoms with Gasteiger partial charge in [-0.15, -0.1) is 0 Å². The molecule has 4 heterocycles. The first-order chi connectivity index (χ1) is 30.2. The molecule has 13 aromatic rings. The van der Waals surface area contributed by atoms with Crippen molar-refractivity contribution in [1.82, 2.24) is 24.1 Å². The van der Waals surface area contributed by atoms with Crippen molar-refractivity contribution in [3.8, 4) is 45.5 Å².